The normalized spacial score (nSPS) is 24.1. The monoisotopic (exact) mass is 395 g/mol. The molecule has 0 aliphatic heterocycles. The number of aliphatic carboxylic acids is 2. The third kappa shape index (κ3) is 8.54. The van der Waals surface area contributed by atoms with Crippen molar-refractivity contribution in [2.45, 2.75) is 37.8 Å². The minimum Gasteiger partial charge on any atom is -0.676 e. The number of carbonyl (C=O) groups is 2. The number of carbonyl (C=O) groups excluding carboxylic acids is 2. The minimum atomic E-state index is -2.19. The van der Waals surface area contributed by atoms with Gasteiger partial charge < -0.3 is 31.3 Å². The fraction of sp³-hybridized carbons (Fsp3) is 0.750. The second kappa shape index (κ2) is 8.82. The van der Waals surface area contributed by atoms with E-state index in [4.69, 9.17) is 31.3 Å². The molecule has 1 saturated carbocycles. The predicted octanol–water partition coefficient (Wildman–Crippen LogP) is -1.11. The van der Waals surface area contributed by atoms with Crippen LogP contribution in [0.4, 0.5) is 0 Å². The van der Waals surface area contributed by atoms with Crippen molar-refractivity contribution in [2.24, 2.45) is 0 Å². The van der Waals surface area contributed by atoms with E-state index in [1.165, 1.54) is 12.8 Å². The van der Waals surface area contributed by atoms with Crippen LogP contribution in [-0.4, -0.2) is 24.0 Å². The molecule has 0 amide bonds. The van der Waals surface area contributed by atoms with Crippen LogP contribution in [0.2, 0.25) is 0 Å². The molecule has 0 aromatic rings. The van der Waals surface area contributed by atoms with Crippen LogP contribution in [0.5, 0.6) is 0 Å². The van der Waals surface area contributed by atoms with Crippen molar-refractivity contribution in [3.05, 3.63) is 11.5 Å². The van der Waals surface area contributed by atoms with Gasteiger partial charge >= 0.3 is 21.1 Å². The summed E-state index contributed by atoms with van der Waals surface area (Å²) in [4.78, 5) is 17.9. The molecule has 1 fully saturated rings. The van der Waals surface area contributed by atoms with Gasteiger partial charge in [-0.15, -0.1) is 0 Å². The quantitative estimate of drug-likeness (QED) is 0.482. The molecule has 1 aliphatic rings. The van der Waals surface area contributed by atoms with Gasteiger partial charge in [-0.1, -0.05) is 25.7 Å². The molecule has 0 heterocycles. The van der Waals surface area contributed by atoms with Crippen LogP contribution in [0, 0.1) is 0 Å². The number of hydrogen-bond donors (Lipinski definition) is 0. The number of rotatable bonds is 0. The zero-order valence-corrected chi connectivity index (χ0v) is 10.2. The molecule has 2 N–H and O–H groups in total. The Hall–Kier alpha value is -0.452. The number of carboxylic acid groups (broad SMARTS) is 2. The molecule has 0 aromatic carbocycles. The fourth-order valence-corrected chi connectivity index (χ4v) is 1.13. The molecule has 7 heteroatoms. The zero-order chi connectivity index (χ0) is 11.1. The van der Waals surface area contributed by atoms with Crippen molar-refractivity contribution in [3.63, 3.8) is 0 Å². The maximum Gasteiger partial charge on any atom is 4.00 e. The Bertz CT molecular complexity index is 191. The Balaban J connectivity index is 0. The van der Waals surface area contributed by atoms with Gasteiger partial charge in [0.2, 0.25) is 0 Å². The van der Waals surface area contributed by atoms with E-state index in [1.54, 1.807) is 0 Å². The SMILES string of the molecule is O=C([O-])C(=O)[O-].[NH-]C1CCCC[C@@H]1[NH-].[Pt+4]. The zero-order valence-electron chi connectivity index (χ0n) is 7.93. The summed E-state index contributed by atoms with van der Waals surface area (Å²) < 4.78 is 0. The standard InChI is InChI=1S/C6H12N2.C2H2O4.Pt/c7-5-3-1-2-4-6(5)8;3-1(4)2(5)6;/h5-8H,1-4H2;(H,3,4)(H,5,6);/q-2;;+4/p-2/t5-,6?;;/m0../s1. The maximum absolute atomic E-state index is 8.93. The topological polar surface area (TPSA) is 128 Å². The Morgan fingerprint density at radius 1 is 0.933 bits per heavy atom. The summed E-state index contributed by atoms with van der Waals surface area (Å²) in [5, 5.41) is 17.9. The molecule has 0 aromatic heterocycles. The Kier molecular flexibility index (Phi) is 9.98. The van der Waals surface area contributed by atoms with Crippen molar-refractivity contribution < 1.29 is 40.9 Å². The average molecular weight is 395 g/mol. The number of hydrogen-bond acceptors (Lipinski definition) is 4. The largest absolute Gasteiger partial charge is 4.00 e. The van der Waals surface area contributed by atoms with Crippen LogP contribution in [0.1, 0.15) is 25.7 Å². The minimum absolute atomic E-state index is 0. The first-order valence-electron chi connectivity index (χ1n) is 4.29. The molecule has 6 nitrogen and oxygen atoms in total. The van der Waals surface area contributed by atoms with Crippen molar-refractivity contribution in [1.29, 1.82) is 0 Å². The van der Waals surface area contributed by atoms with Gasteiger partial charge in [0.15, 0.2) is 0 Å². The molecule has 2 atom stereocenters. The van der Waals surface area contributed by atoms with Gasteiger partial charge in [0.25, 0.3) is 0 Å². The smallest absolute Gasteiger partial charge is 0.676 e. The molecule has 1 unspecified atom stereocenters. The van der Waals surface area contributed by atoms with Crippen molar-refractivity contribution in [2.75, 3.05) is 0 Å². The maximum atomic E-state index is 8.93. The van der Waals surface area contributed by atoms with E-state index in [-0.39, 0.29) is 33.1 Å². The molecular formula is C8H12N2O4Pt. The van der Waals surface area contributed by atoms with Crippen LogP contribution < -0.4 is 10.2 Å². The molecule has 0 radical (unpaired) electrons. The number of nitrogens with one attached hydrogen (secondary N) is 2. The summed E-state index contributed by atoms with van der Waals surface area (Å²) in [5.74, 6) is -4.37. The van der Waals surface area contributed by atoms with E-state index < -0.39 is 11.9 Å². The summed E-state index contributed by atoms with van der Waals surface area (Å²) in [7, 11) is 0. The van der Waals surface area contributed by atoms with Crippen LogP contribution >= 0.6 is 0 Å². The molecule has 0 saturated heterocycles. The van der Waals surface area contributed by atoms with Gasteiger partial charge in [0.1, 0.15) is 0 Å². The number of carboxylic acids is 2. The second-order valence-electron chi connectivity index (χ2n) is 3.07. The molecule has 1 aliphatic carbocycles. The Labute approximate surface area is 102 Å². The molecule has 1 rings (SSSR count). The molecule has 0 spiro atoms. The van der Waals surface area contributed by atoms with Crippen molar-refractivity contribution in [3.8, 4) is 0 Å². The van der Waals surface area contributed by atoms with E-state index in [0.29, 0.717) is 0 Å². The fourth-order valence-electron chi connectivity index (χ4n) is 1.13. The van der Waals surface area contributed by atoms with E-state index in [1.807, 2.05) is 0 Å². The van der Waals surface area contributed by atoms with E-state index >= 15 is 0 Å². The van der Waals surface area contributed by atoms with E-state index in [9.17, 15) is 0 Å². The summed E-state index contributed by atoms with van der Waals surface area (Å²) in [5.41, 5.74) is 14.6. The van der Waals surface area contributed by atoms with Crippen LogP contribution in [0.15, 0.2) is 0 Å². The van der Waals surface area contributed by atoms with Gasteiger partial charge in [-0.3, -0.25) is 0 Å². The second-order valence-corrected chi connectivity index (χ2v) is 3.07. The van der Waals surface area contributed by atoms with Gasteiger partial charge in [0, 0.05) is 0 Å². The third-order valence-corrected chi connectivity index (χ3v) is 1.93. The van der Waals surface area contributed by atoms with Crippen LogP contribution in [0.3, 0.4) is 0 Å². The van der Waals surface area contributed by atoms with Gasteiger partial charge in [-0.05, 0) is 0 Å². The summed E-state index contributed by atoms with van der Waals surface area (Å²) in [6, 6.07) is -0.160. The van der Waals surface area contributed by atoms with Crippen LogP contribution in [-0.2, 0) is 30.7 Å². The van der Waals surface area contributed by atoms with Gasteiger partial charge in [0.05, 0.1) is 11.9 Å². The predicted molar refractivity (Wildman–Crippen MR) is 44.7 cm³/mol. The molecule has 88 valence electrons. The van der Waals surface area contributed by atoms with Gasteiger partial charge in [-0.2, -0.15) is 12.1 Å². The molecular weight excluding hydrogens is 383 g/mol. The van der Waals surface area contributed by atoms with Crippen molar-refractivity contribution >= 4 is 11.9 Å². The van der Waals surface area contributed by atoms with E-state index in [2.05, 4.69) is 0 Å². The van der Waals surface area contributed by atoms with Gasteiger partial charge in [-0.25, -0.2) is 0 Å². The molecule has 0 bridgehead atoms. The summed E-state index contributed by atoms with van der Waals surface area (Å²) in [6.45, 7) is 0. The van der Waals surface area contributed by atoms with Crippen LogP contribution in [0.25, 0.3) is 11.5 Å². The summed E-state index contributed by atoms with van der Waals surface area (Å²) in [6.07, 6.45) is 4.25. The first-order chi connectivity index (χ1) is 6.45. The Morgan fingerprint density at radius 2 is 1.20 bits per heavy atom. The van der Waals surface area contributed by atoms with Crippen molar-refractivity contribution in [1.82, 2.24) is 0 Å². The Morgan fingerprint density at radius 3 is 1.33 bits per heavy atom. The first-order valence-corrected chi connectivity index (χ1v) is 4.29. The molecule has 15 heavy (non-hydrogen) atoms. The average Bonchev–Trinajstić information content (AvgIpc) is 2.11. The third-order valence-electron chi connectivity index (χ3n) is 1.93. The van der Waals surface area contributed by atoms with E-state index in [0.717, 1.165) is 12.8 Å². The summed E-state index contributed by atoms with van der Waals surface area (Å²) >= 11 is 0. The first kappa shape index (κ1) is 17.0.